The fourth-order valence-corrected chi connectivity index (χ4v) is 3.68. The zero-order chi connectivity index (χ0) is 22.9. The van der Waals surface area contributed by atoms with E-state index in [-0.39, 0.29) is 30.2 Å². The fraction of sp³-hybridized carbons (Fsp3) is 0.400. The zero-order valence-corrected chi connectivity index (χ0v) is 18.7. The Labute approximate surface area is 188 Å². The maximum Gasteiger partial charge on any atom is 0.309 e. The highest BCUT2D eigenvalue weighted by Crippen LogP contribution is 2.20. The molecule has 0 N–H and O–H groups in total. The third-order valence-corrected chi connectivity index (χ3v) is 5.52. The van der Waals surface area contributed by atoms with Crippen LogP contribution in [0.25, 0.3) is 0 Å². The van der Waals surface area contributed by atoms with E-state index in [0.29, 0.717) is 50.5 Å². The predicted octanol–water partition coefficient (Wildman–Crippen LogP) is 3.14. The van der Waals surface area contributed by atoms with E-state index in [9.17, 15) is 14.4 Å². The normalized spacial score (nSPS) is 14.0. The summed E-state index contributed by atoms with van der Waals surface area (Å²) in [6, 6.07) is 16.8. The highest BCUT2D eigenvalue weighted by atomic mass is 16.5. The first-order valence-electron chi connectivity index (χ1n) is 10.9. The lowest BCUT2D eigenvalue weighted by Gasteiger charge is -2.32. The van der Waals surface area contributed by atoms with Gasteiger partial charge in [-0.2, -0.15) is 0 Å². The van der Waals surface area contributed by atoms with Crippen molar-refractivity contribution in [1.29, 1.82) is 0 Å². The Bertz CT molecular complexity index is 923. The molecule has 1 fully saturated rings. The van der Waals surface area contributed by atoms with Crippen LogP contribution in [-0.2, 0) is 20.9 Å². The number of carbonyl (C=O) groups is 3. The fourth-order valence-electron chi connectivity index (χ4n) is 3.68. The maximum atomic E-state index is 12.8. The van der Waals surface area contributed by atoms with Gasteiger partial charge in [-0.05, 0) is 43.5 Å². The number of rotatable bonds is 8. The topological polar surface area (TPSA) is 76.2 Å². The number of hydrogen-bond donors (Lipinski definition) is 0. The molecule has 1 aliphatic rings. The molecule has 3 rings (SSSR count). The molecule has 0 aliphatic carbocycles. The molecule has 2 aromatic rings. The number of likely N-dealkylation sites (tertiary alicyclic amines) is 1. The molecule has 1 aliphatic heterocycles. The van der Waals surface area contributed by atoms with Crippen LogP contribution in [0.15, 0.2) is 54.6 Å². The number of likely N-dealkylation sites (N-methyl/N-ethyl adjacent to an activating group) is 1. The SMILES string of the molecule is CCOC(=O)C1CCN(C(=O)CN(C)C(=O)c2cccc(OCc3ccccc3)c2)CC1. The molecule has 1 heterocycles. The van der Waals surface area contributed by atoms with Gasteiger partial charge in [0.2, 0.25) is 5.91 Å². The Morgan fingerprint density at radius 3 is 2.44 bits per heavy atom. The van der Waals surface area contributed by atoms with Gasteiger partial charge in [-0.3, -0.25) is 14.4 Å². The van der Waals surface area contributed by atoms with E-state index in [1.165, 1.54) is 4.90 Å². The highest BCUT2D eigenvalue weighted by molar-refractivity contribution is 5.96. The summed E-state index contributed by atoms with van der Waals surface area (Å²) in [5.41, 5.74) is 1.51. The van der Waals surface area contributed by atoms with Crippen molar-refractivity contribution in [1.82, 2.24) is 9.80 Å². The monoisotopic (exact) mass is 438 g/mol. The smallest absolute Gasteiger partial charge is 0.309 e. The maximum absolute atomic E-state index is 12.8. The summed E-state index contributed by atoms with van der Waals surface area (Å²) in [4.78, 5) is 40.5. The lowest BCUT2D eigenvalue weighted by molar-refractivity contribution is -0.151. The number of piperidine rings is 1. The quantitative estimate of drug-likeness (QED) is 0.592. The molecule has 7 heteroatoms. The highest BCUT2D eigenvalue weighted by Gasteiger charge is 2.29. The van der Waals surface area contributed by atoms with Crippen LogP contribution in [0.4, 0.5) is 0 Å². The molecular weight excluding hydrogens is 408 g/mol. The van der Waals surface area contributed by atoms with Crippen molar-refractivity contribution < 1.29 is 23.9 Å². The summed E-state index contributed by atoms with van der Waals surface area (Å²) in [5, 5.41) is 0. The Hall–Kier alpha value is -3.35. The molecule has 7 nitrogen and oxygen atoms in total. The Kier molecular flexibility index (Phi) is 8.25. The second-order valence-corrected chi connectivity index (χ2v) is 7.87. The van der Waals surface area contributed by atoms with Crippen LogP contribution in [0.3, 0.4) is 0 Å². The van der Waals surface area contributed by atoms with E-state index in [4.69, 9.17) is 9.47 Å². The van der Waals surface area contributed by atoms with Crippen LogP contribution >= 0.6 is 0 Å². The molecular formula is C25H30N2O5. The third kappa shape index (κ3) is 6.33. The number of benzene rings is 2. The van der Waals surface area contributed by atoms with Crippen molar-refractivity contribution in [3.63, 3.8) is 0 Å². The van der Waals surface area contributed by atoms with Gasteiger partial charge in [-0.1, -0.05) is 36.4 Å². The summed E-state index contributed by atoms with van der Waals surface area (Å²) < 4.78 is 10.9. The minimum atomic E-state index is -0.245. The van der Waals surface area contributed by atoms with Gasteiger partial charge in [0.15, 0.2) is 0 Å². The molecule has 2 amide bonds. The average Bonchev–Trinajstić information content (AvgIpc) is 2.83. The number of amides is 2. The van der Waals surface area contributed by atoms with Crippen LogP contribution in [0, 0.1) is 5.92 Å². The van der Waals surface area contributed by atoms with Crippen LogP contribution in [0.2, 0.25) is 0 Å². The molecule has 0 atom stereocenters. The van der Waals surface area contributed by atoms with Crippen molar-refractivity contribution in [2.75, 3.05) is 33.3 Å². The van der Waals surface area contributed by atoms with Crippen LogP contribution in [-0.4, -0.2) is 60.9 Å². The van der Waals surface area contributed by atoms with Gasteiger partial charge in [-0.15, -0.1) is 0 Å². The Balaban J connectivity index is 1.51. The lowest BCUT2D eigenvalue weighted by atomic mass is 9.97. The van der Waals surface area contributed by atoms with Gasteiger partial charge in [0.05, 0.1) is 19.1 Å². The molecule has 32 heavy (non-hydrogen) atoms. The van der Waals surface area contributed by atoms with Gasteiger partial charge in [-0.25, -0.2) is 0 Å². The minimum Gasteiger partial charge on any atom is -0.489 e. The molecule has 0 radical (unpaired) electrons. The van der Waals surface area contributed by atoms with Gasteiger partial charge < -0.3 is 19.3 Å². The predicted molar refractivity (Wildman–Crippen MR) is 120 cm³/mol. The second kappa shape index (κ2) is 11.3. The van der Waals surface area contributed by atoms with E-state index < -0.39 is 0 Å². The molecule has 1 saturated heterocycles. The first-order chi connectivity index (χ1) is 15.5. The van der Waals surface area contributed by atoms with Crippen molar-refractivity contribution in [2.45, 2.75) is 26.4 Å². The van der Waals surface area contributed by atoms with E-state index in [0.717, 1.165) is 5.56 Å². The second-order valence-electron chi connectivity index (χ2n) is 7.87. The number of nitrogens with zero attached hydrogens (tertiary/aromatic N) is 2. The molecule has 0 bridgehead atoms. The van der Waals surface area contributed by atoms with Gasteiger partial charge in [0.25, 0.3) is 5.91 Å². The molecule has 170 valence electrons. The van der Waals surface area contributed by atoms with Crippen molar-refractivity contribution in [3.05, 3.63) is 65.7 Å². The molecule has 0 aromatic heterocycles. The van der Waals surface area contributed by atoms with Gasteiger partial charge >= 0.3 is 5.97 Å². The summed E-state index contributed by atoms with van der Waals surface area (Å²) in [6.07, 6.45) is 1.17. The van der Waals surface area contributed by atoms with E-state index in [1.807, 2.05) is 30.3 Å². The van der Waals surface area contributed by atoms with Gasteiger partial charge in [0, 0.05) is 25.7 Å². The van der Waals surface area contributed by atoms with E-state index in [2.05, 4.69) is 0 Å². The van der Waals surface area contributed by atoms with Crippen molar-refractivity contribution >= 4 is 17.8 Å². The van der Waals surface area contributed by atoms with E-state index in [1.54, 1.807) is 43.1 Å². The number of ether oxygens (including phenoxy) is 2. The summed E-state index contributed by atoms with van der Waals surface area (Å²) >= 11 is 0. The molecule has 0 saturated carbocycles. The lowest BCUT2D eigenvalue weighted by Crippen LogP contribution is -2.45. The third-order valence-electron chi connectivity index (χ3n) is 5.52. The van der Waals surface area contributed by atoms with Crippen LogP contribution < -0.4 is 4.74 Å². The zero-order valence-electron chi connectivity index (χ0n) is 18.7. The standard InChI is InChI=1S/C25H30N2O5/c1-3-31-25(30)20-12-14-27(15-13-20)23(28)17-26(2)24(29)21-10-7-11-22(16-21)32-18-19-8-5-4-6-9-19/h4-11,16,20H,3,12-15,17-18H2,1-2H3. The minimum absolute atomic E-state index is 0.0159. The summed E-state index contributed by atoms with van der Waals surface area (Å²) in [6.45, 7) is 3.53. The largest absolute Gasteiger partial charge is 0.489 e. The molecule has 2 aromatic carbocycles. The Morgan fingerprint density at radius 2 is 1.75 bits per heavy atom. The summed E-state index contributed by atoms with van der Waals surface area (Å²) in [7, 11) is 1.61. The molecule has 0 spiro atoms. The first-order valence-corrected chi connectivity index (χ1v) is 10.9. The number of hydrogen-bond acceptors (Lipinski definition) is 5. The van der Waals surface area contributed by atoms with Crippen LogP contribution in [0.1, 0.15) is 35.7 Å². The first kappa shape index (κ1) is 23.3. The Morgan fingerprint density at radius 1 is 1.03 bits per heavy atom. The summed E-state index contributed by atoms with van der Waals surface area (Å²) in [5.74, 6) is -0.122. The van der Waals surface area contributed by atoms with Crippen molar-refractivity contribution in [2.24, 2.45) is 5.92 Å². The van der Waals surface area contributed by atoms with Crippen LogP contribution in [0.5, 0.6) is 5.75 Å². The number of esters is 1. The van der Waals surface area contributed by atoms with E-state index >= 15 is 0 Å². The number of carbonyl (C=O) groups excluding carboxylic acids is 3. The molecule has 0 unspecified atom stereocenters. The van der Waals surface area contributed by atoms with Gasteiger partial charge in [0.1, 0.15) is 12.4 Å². The van der Waals surface area contributed by atoms with Crippen molar-refractivity contribution in [3.8, 4) is 5.75 Å². The average molecular weight is 439 g/mol.